The Hall–Kier alpha value is -1.62. The van der Waals surface area contributed by atoms with Crippen molar-refractivity contribution in [1.82, 2.24) is 0 Å². The summed E-state index contributed by atoms with van der Waals surface area (Å²) in [6.07, 6.45) is 0.856. The zero-order valence-corrected chi connectivity index (χ0v) is 8.45. The molecule has 0 bridgehead atoms. The lowest BCUT2D eigenvalue weighted by molar-refractivity contribution is -0.286. The van der Waals surface area contributed by atoms with Gasteiger partial charge in [0.15, 0.2) is 11.5 Å². The van der Waals surface area contributed by atoms with Crippen molar-refractivity contribution in [3.05, 3.63) is 29.8 Å². The molecule has 3 nitrogen and oxygen atoms in total. The van der Waals surface area contributed by atoms with Crippen LogP contribution in [-0.4, -0.2) is 12.8 Å². The second-order valence-corrected chi connectivity index (χ2v) is 3.35. The third kappa shape index (κ3) is 2.30. The molecule has 0 aliphatic carbocycles. The van der Waals surface area contributed by atoms with Gasteiger partial charge in [0.25, 0.3) is 0 Å². The fourth-order valence-electron chi connectivity index (χ4n) is 1.38. The van der Waals surface area contributed by atoms with Crippen molar-refractivity contribution in [2.24, 2.45) is 5.73 Å². The first-order valence-electron chi connectivity index (χ1n) is 4.87. The SMILES string of the molecule is NCCC=Cc1ccc2c(c1)OC(F)(F)O2. The first-order chi connectivity index (χ1) is 7.61. The van der Waals surface area contributed by atoms with E-state index in [0.717, 1.165) is 12.0 Å². The molecule has 0 spiro atoms. The van der Waals surface area contributed by atoms with E-state index in [9.17, 15) is 8.78 Å². The summed E-state index contributed by atoms with van der Waals surface area (Å²) in [5.41, 5.74) is 6.10. The molecule has 1 aliphatic rings. The van der Waals surface area contributed by atoms with Gasteiger partial charge in [-0.3, -0.25) is 0 Å². The van der Waals surface area contributed by atoms with Crippen LogP contribution in [0.1, 0.15) is 12.0 Å². The molecular weight excluding hydrogens is 216 g/mol. The van der Waals surface area contributed by atoms with Gasteiger partial charge in [-0.15, -0.1) is 8.78 Å². The van der Waals surface area contributed by atoms with Crippen molar-refractivity contribution in [2.45, 2.75) is 12.7 Å². The number of fused-ring (bicyclic) bond motifs is 1. The zero-order valence-electron chi connectivity index (χ0n) is 8.45. The highest BCUT2D eigenvalue weighted by Gasteiger charge is 2.43. The van der Waals surface area contributed by atoms with Crippen molar-refractivity contribution in [3.63, 3.8) is 0 Å². The van der Waals surface area contributed by atoms with E-state index >= 15 is 0 Å². The van der Waals surface area contributed by atoms with Gasteiger partial charge >= 0.3 is 6.29 Å². The quantitative estimate of drug-likeness (QED) is 0.862. The van der Waals surface area contributed by atoms with Crippen LogP contribution in [0.2, 0.25) is 0 Å². The molecular formula is C11H11F2NO2. The van der Waals surface area contributed by atoms with Gasteiger partial charge in [-0.05, 0) is 30.7 Å². The lowest BCUT2D eigenvalue weighted by Crippen LogP contribution is -2.25. The molecule has 0 atom stereocenters. The number of hydrogen-bond donors (Lipinski definition) is 1. The average Bonchev–Trinajstić information content (AvgIpc) is 2.51. The van der Waals surface area contributed by atoms with E-state index in [2.05, 4.69) is 9.47 Å². The molecule has 16 heavy (non-hydrogen) atoms. The topological polar surface area (TPSA) is 44.5 Å². The van der Waals surface area contributed by atoms with E-state index in [1.807, 2.05) is 6.08 Å². The van der Waals surface area contributed by atoms with Crippen LogP contribution in [0.3, 0.4) is 0 Å². The van der Waals surface area contributed by atoms with Crippen LogP contribution >= 0.6 is 0 Å². The summed E-state index contributed by atoms with van der Waals surface area (Å²) in [5, 5.41) is 0. The fraction of sp³-hybridized carbons (Fsp3) is 0.273. The maximum atomic E-state index is 12.7. The minimum absolute atomic E-state index is 0.0555. The smallest absolute Gasteiger partial charge is 0.395 e. The Kier molecular flexibility index (Phi) is 2.78. The van der Waals surface area contributed by atoms with Gasteiger partial charge in [0.05, 0.1) is 0 Å². The second-order valence-electron chi connectivity index (χ2n) is 3.35. The summed E-state index contributed by atoms with van der Waals surface area (Å²) in [6.45, 7) is 0.555. The van der Waals surface area contributed by atoms with Crippen molar-refractivity contribution >= 4 is 6.08 Å². The molecule has 2 N–H and O–H groups in total. The first-order valence-corrected chi connectivity index (χ1v) is 4.87. The molecule has 2 rings (SSSR count). The largest absolute Gasteiger partial charge is 0.586 e. The minimum Gasteiger partial charge on any atom is -0.395 e. The molecule has 0 radical (unpaired) electrons. The van der Waals surface area contributed by atoms with Crippen LogP contribution in [0.5, 0.6) is 11.5 Å². The van der Waals surface area contributed by atoms with Crippen LogP contribution in [0.15, 0.2) is 24.3 Å². The Morgan fingerprint density at radius 2 is 2.00 bits per heavy atom. The summed E-state index contributed by atoms with van der Waals surface area (Å²) < 4.78 is 34.0. The van der Waals surface area contributed by atoms with Gasteiger partial charge < -0.3 is 15.2 Å². The van der Waals surface area contributed by atoms with Gasteiger partial charge in [0, 0.05) is 0 Å². The average molecular weight is 227 g/mol. The standard InChI is InChI=1S/C11H11F2NO2/c12-11(13)15-9-5-4-8(3-1-2-6-14)7-10(9)16-11/h1,3-5,7H,2,6,14H2. The van der Waals surface area contributed by atoms with Crippen LogP contribution in [-0.2, 0) is 0 Å². The first kappa shape index (κ1) is 10.9. The van der Waals surface area contributed by atoms with Crippen LogP contribution in [0.4, 0.5) is 8.78 Å². The third-order valence-corrected chi connectivity index (χ3v) is 2.07. The summed E-state index contributed by atoms with van der Waals surface area (Å²) in [4.78, 5) is 0. The highest BCUT2D eigenvalue weighted by atomic mass is 19.3. The van der Waals surface area contributed by atoms with Crippen LogP contribution in [0, 0.1) is 0 Å². The Morgan fingerprint density at radius 1 is 1.25 bits per heavy atom. The second kappa shape index (κ2) is 4.09. The van der Waals surface area contributed by atoms with Crippen molar-refractivity contribution < 1.29 is 18.3 Å². The Labute approximate surface area is 91.5 Å². The third-order valence-electron chi connectivity index (χ3n) is 2.07. The molecule has 0 saturated carbocycles. The predicted octanol–water partition coefficient (Wildman–Crippen LogP) is 2.37. The number of nitrogens with two attached hydrogens (primary N) is 1. The lowest BCUT2D eigenvalue weighted by atomic mass is 10.2. The summed E-state index contributed by atoms with van der Waals surface area (Å²) >= 11 is 0. The van der Waals surface area contributed by atoms with Gasteiger partial charge in [-0.25, -0.2) is 0 Å². The number of halogens is 2. The maximum Gasteiger partial charge on any atom is 0.586 e. The predicted molar refractivity (Wildman–Crippen MR) is 55.4 cm³/mol. The normalized spacial score (nSPS) is 16.9. The number of rotatable bonds is 3. The zero-order chi connectivity index (χ0) is 11.6. The van der Waals surface area contributed by atoms with Crippen molar-refractivity contribution in [1.29, 1.82) is 0 Å². The van der Waals surface area contributed by atoms with E-state index in [1.54, 1.807) is 12.1 Å². The molecule has 0 unspecified atom stereocenters. The van der Waals surface area contributed by atoms with Crippen molar-refractivity contribution in [3.8, 4) is 11.5 Å². The molecule has 0 amide bonds. The fourth-order valence-corrected chi connectivity index (χ4v) is 1.38. The van der Waals surface area contributed by atoms with Crippen LogP contribution in [0.25, 0.3) is 6.08 Å². The highest BCUT2D eigenvalue weighted by Crippen LogP contribution is 2.41. The summed E-state index contributed by atoms with van der Waals surface area (Å²) in [6, 6.07) is 4.64. The Morgan fingerprint density at radius 3 is 2.75 bits per heavy atom. The molecule has 1 aromatic carbocycles. The van der Waals surface area contributed by atoms with E-state index in [4.69, 9.17) is 5.73 Å². The number of benzene rings is 1. The molecule has 0 aromatic heterocycles. The molecule has 0 saturated heterocycles. The monoisotopic (exact) mass is 227 g/mol. The van der Waals surface area contributed by atoms with E-state index in [0.29, 0.717) is 6.54 Å². The number of hydrogen-bond acceptors (Lipinski definition) is 3. The molecule has 1 aromatic rings. The molecule has 5 heteroatoms. The van der Waals surface area contributed by atoms with E-state index < -0.39 is 6.29 Å². The van der Waals surface area contributed by atoms with Gasteiger partial charge in [-0.2, -0.15) is 0 Å². The lowest BCUT2D eigenvalue weighted by Gasteiger charge is -2.04. The Bertz CT molecular complexity index is 418. The summed E-state index contributed by atoms with van der Waals surface area (Å²) in [7, 11) is 0. The Balaban J connectivity index is 2.16. The molecule has 0 fully saturated rings. The van der Waals surface area contributed by atoms with Gasteiger partial charge in [0.2, 0.25) is 0 Å². The number of ether oxygens (including phenoxy) is 2. The van der Waals surface area contributed by atoms with E-state index in [1.165, 1.54) is 12.1 Å². The maximum absolute atomic E-state index is 12.7. The number of alkyl halides is 2. The van der Waals surface area contributed by atoms with Gasteiger partial charge in [0.1, 0.15) is 0 Å². The highest BCUT2D eigenvalue weighted by molar-refractivity contribution is 5.56. The van der Waals surface area contributed by atoms with Crippen LogP contribution < -0.4 is 15.2 Å². The van der Waals surface area contributed by atoms with Gasteiger partial charge in [-0.1, -0.05) is 18.2 Å². The molecule has 86 valence electrons. The minimum atomic E-state index is -3.55. The summed E-state index contributed by atoms with van der Waals surface area (Å²) in [5.74, 6) is 0.112. The molecule has 1 heterocycles. The van der Waals surface area contributed by atoms with E-state index in [-0.39, 0.29) is 11.5 Å². The van der Waals surface area contributed by atoms with Crippen molar-refractivity contribution in [2.75, 3.05) is 6.54 Å². The molecule has 1 aliphatic heterocycles.